The van der Waals surface area contributed by atoms with Gasteiger partial charge in [-0.25, -0.2) is 4.39 Å². The number of aromatic nitrogens is 1. The molecule has 1 aromatic heterocycles. The molecular weight excluding hydrogens is 231 g/mol. The summed E-state index contributed by atoms with van der Waals surface area (Å²) in [6, 6.07) is 8.46. The average molecular weight is 246 g/mol. The zero-order chi connectivity index (χ0) is 13.0. The van der Waals surface area contributed by atoms with E-state index in [1.165, 1.54) is 6.07 Å². The standard InChI is InChI=1S/C14H15FN2O/c1-10-4-3-7-16-14(10)9-17-13-8-11(18-2)5-6-12(13)15/h3-8,17H,9H2,1-2H3. The van der Waals surface area contributed by atoms with Crippen LogP contribution in [0.1, 0.15) is 11.3 Å². The number of halogens is 1. The molecule has 0 saturated carbocycles. The molecule has 18 heavy (non-hydrogen) atoms. The van der Waals surface area contributed by atoms with Crippen LogP contribution in [-0.2, 0) is 6.54 Å². The van der Waals surface area contributed by atoms with Crippen molar-refractivity contribution in [3.63, 3.8) is 0 Å². The van der Waals surface area contributed by atoms with Crippen LogP contribution in [0.3, 0.4) is 0 Å². The van der Waals surface area contributed by atoms with E-state index >= 15 is 0 Å². The third kappa shape index (κ3) is 2.77. The first kappa shape index (κ1) is 12.4. The Kier molecular flexibility index (Phi) is 3.77. The summed E-state index contributed by atoms with van der Waals surface area (Å²) in [6.45, 7) is 2.46. The van der Waals surface area contributed by atoms with Crippen LogP contribution in [0.25, 0.3) is 0 Å². The number of hydrogen-bond donors (Lipinski definition) is 1. The summed E-state index contributed by atoms with van der Waals surface area (Å²) < 4.78 is 18.6. The quantitative estimate of drug-likeness (QED) is 0.899. The Morgan fingerprint density at radius 3 is 2.89 bits per heavy atom. The maximum Gasteiger partial charge on any atom is 0.146 e. The molecule has 0 aliphatic carbocycles. The van der Waals surface area contributed by atoms with Crippen molar-refractivity contribution in [2.24, 2.45) is 0 Å². The highest BCUT2D eigenvalue weighted by Gasteiger charge is 2.05. The first-order chi connectivity index (χ1) is 8.70. The lowest BCUT2D eigenvalue weighted by atomic mass is 10.2. The van der Waals surface area contributed by atoms with Gasteiger partial charge in [0.25, 0.3) is 0 Å². The summed E-state index contributed by atoms with van der Waals surface area (Å²) >= 11 is 0. The molecule has 2 rings (SSSR count). The summed E-state index contributed by atoms with van der Waals surface area (Å²) in [5.41, 5.74) is 2.40. The van der Waals surface area contributed by atoms with E-state index in [-0.39, 0.29) is 5.82 Å². The maximum atomic E-state index is 13.6. The molecule has 1 heterocycles. The third-order valence-electron chi connectivity index (χ3n) is 2.74. The fourth-order valence-corrected chi connectivity index (χ4v) is 1.65. The maximum absolute atomic E-state index is 13.6. The van der Waals surface area contributed by atoms with E-state index in [2.05, 4.69) is 10.3 Å². The zero-order valence-corrected chi connectivity index (χ0v) is 10.4. The van der Waals surface area contributed by atoms with Gasteiger partial charge in [0.05, 0.1) is 25.0 Å². The summed E-state index contributed by atoms with van der Waals surface area (Å²) in [7, 11) is 1.56. The Hall–Kier alpha value is -2.10. The number of nitrogens with one attached hydrogen (secondary N) is 1. The highest BCUT2D eigenvalue weighted by Crippen LogP contribution is 2.21. The predicted molar refractivity (Wildman–Crippen MR) is 69.3 cm³/mol. The fraction of sp³-hybridized carbons (Fsp3) is 0.214. The average Bonchev–Trinajstić information content (AvgIpc) is 2.39. The molecule has 1 aromatic carbocycles. The smallest absolute Gasteiger partial charge is 0.146 e. The second-order valence-electron chi connectivity index (χ2n) is 3.97. The highest BCUT2D eigenvalue weighted by atomic mass is 19.1. The molecule has 0 unspecified atom stereocenters. The van der Waals surface area contributed by atoms with Crippen molar-refractivity contribution >= 4 is 5.69 Å². The molecule has 0 fully saturated rings. The number of methoxy groups -OCH3 is 1. The Morgan fingerprint density at radius 1 is 1.33 bits per heavy atom. The molecule has 0 saturated heterocycles. The lowest BCUT2D eigenvalue weighted by molar-refractivity contribution is 0.414. The minimum Gasteiger partial charge on any atom is -0.497 e. The molecular formula is C14H15FN2O. The second-order valence-corrected chi connectivity index (χ2v) is 3.97. The monoisotopic (exact) mass is 246 g/mol. The van der Waals surface area contributed by atoms with Crippen LogP contribution in [0.15, 0.2) is 36.5 Å². The van der Waals surface area contributed by atoms with E-state index in [9.17, 15) is 4.39 Å². The van der Waals surface area contributed by atoms with Crippen molar-refractivity contribution in [3.8, 4) is 5.75 Å². The van der Waals surface area contributed by atoms with Crippen molar-refractivity contribution in [3.05, 3.63) is 53.6 Å². The largest absolute Gasteiger partial charge is 0.497 e. The molecule has 0 atom stereocenters. The number of hydrogen-bond acceptors (Lipinski definition) is 3. The van der Waals surface area contributed by atoms with E-state index < -0.39 is 0 Å². The third-order valence-corrected chi connectivity index (χ3v) is 2.74. The SMILES string of the molecule is COc1ccc(F)c(NCc2ncccc2C)c1. The Labute approximate surface area is 106 Å². The van der Waals surface area contributed by atoms with Crippen molar-refractivity contribution in [2.75, 3.05) is 12.4 Å². The van der Waals surface area contributed by atoms with E-state index in [4.69, 9.17) is 4.74 Å². The van der Waals surface area contributed by atoms with Crippen molar-refractivity contribution < 1.29 is 9.13 Å². The number of pyridine rings is 1. The van der Waals surface area contributed by atoms with Gasteiger partial charge >= 0.3 is 0 Å². The molecule has 1 N–H and O–H groups in total. The lowest BCUT2D eigenvalue weighted by Gasteiger charge is -2.10. The number of nitrogens with zero attached hydrogens (tertiary/aromatic N) is 1. The first-order valence-corrected chi connectivity index (χ1v) is 5.68. The minimum absolute atomic E-state index is 0.301. The number of aryl methyl sites for hydroxylation is 1. The highest BCUT2D eigenvalue weighted by molar-refractivity contribution is 5.49. The first-order valence-electron chi connectivity index (χ1n) is 5.68. The Morgan fingerprint density at radius 2 is 2.17 bits per heavy atom. The Balaban J connectivity index is 2.13. The van der Waals surface area contributed by atoms with E-state index in [1.54, 1.807) is 25.4 Å². The van der Waals surface area contributed by atoms with Gasteiger partial charge in [-0.1, -0.05) is 6.07 Å². The molecule has 0 amide bonds. The summed E-state index contributed by atoms with van der Waals surface area (Å²) in [5, 5.41) is 3.03. The topological polar surface area (TPSA) is 34.1 Å². The minimum atomic E-state index is -0.301. The van der Waals surface area contributed by atoms with Crippen LogP contribution < -0.4 is 10.1 Å². The van der Waals surface area contributed by atoms with Gasteiger partial charge < -0.3 is 10.1 Å². The molecule has 4 heteroatoms. The van der Waals surface area contributed by atoms with Crippen LogP contribution in [0, 0.1) is 12.7 Å². The van der Waals surface area contributed by atoms with E-state index in [1.807, 2.05) is 19.1 Å². The van der Waals surface area contributed by atoms with Crippen LogP contribution in [0.2, 0.25) is 0 Å². The van der Waals surface area contributed by atoms with E-state index in [0.29, 0.717) is 18.0 Å². The molecule has 2 aromatic rings. The van der Waals surface area contributed by atoms with Crippen molar-refractivity contribution in [1.82, 2.24) is 4.98 Å². The number of anilines is 1. The predicted octanol–water partition coefficient (Wildman–Crippen LogP) is 3.15. The van der Waals surface area contributed by atoms with E-state index in [0.717, 1.165) is 11.3 Å². The number of ether oxygens (including phenoxy) is 1. The summed E-state index contributed by atoms with van der Waals surface area (Å²) in [6.07, 6.45) is 1.73. The van der Waals surface area contributed by atoms with Crippen LogP contribution in [0.5, 0.6) is 5.75 Å². The molecule has 0 aliphatic rings. The molecule has 3 nitrogen and oxygen atoms in total. The lowest BCUT2D eigenvalue weighted by Crippen LogP contribution is -2.05. The Bertz CT molecular complexity index is 543. The van der Waals surface area contributed by atoms with Gasteiger partial charge in [0.15, 0.2) is 0 Å². The van der Waals surface area contributed by atoms with Crippen molar-refractivity contribution in [2.45, 2.75) is 13.5 Å². The van der Waals surface area contributed by atoms with Gasteiger partial charge in [0.1, 0.15) is 11.6 Å². The van der Waals surface area contributed by atoms with Crippen LogP contribution in [0.4, 0.5) is 10.1 Å². The van der Waals surface area contributed by atoms with Gasteiger partial charge in [0.2, 0.25) is 0 Å². The van der Waals surface area contributed by atoms with Gasteiger partial charge in [-0.15, -0.1) is 0 Å². The molecule has 0 aliphatic heterocycles. The van der Waals surface area contributed by atoms with Gasteiger partial charge in [-0.3, -0.25) is 4.98 Å². The van der Waals surface area contributed by atoms with Gasteiger partial charge in [0, 0.05) is 12.3 Å². The second kappa shape index (κ2) is 5.49. The zero-order valence-electron chi connectivity index (χ0n) is 10.4. The molecule has 0 bridgehead atoms. The normalized spacial score (nSPS) is 10.2. The van der Waals surface area contributed by atoms with Crippen LogP contribution in [-0.4, -0.2) is 12.1 Å². The van der Waals surface area contributed by atoms with Crippen molar-refractivity contribution in [1.29, 1.82) is 0 Å². The number of rotatable bonds is 4. The summed E-state index contributed by atoms with van der Waals surface area (Å²) in [4.78, 5) is 4.25. The van der Waals surface area contributed by atoms with Gasteiger partial charge in [-0.2, -0.15) is 0 Å². The molecule has 0 spiro atoms. The molecule has 0 radical (unpaired) electrons. The fourth-order valence-electron chi connectivity index (χ4n) is 1.65. The molecule has 94 valence electrons. The van der Waals surface area contributed by atoms with Crippen LogP contribution >= 0.6 is 0 Å². The van der Waals surface area contributed by atoms with Gasteiger partial charge in [-0.05, 0) is 30.7 Å². The summed E-state index contributed by atoms with van der Waals surface area (Å²) in [5.74, 6) is 0.320. The number of benzene rings is 1.